The van der Waals surface area contributed by atoms with Gasteiger partial charge in [0.2, 0.25) is 0 Å². The molecule has 3 atom stereocenters. The van der Waals surface area contributed by atoms with Crippen LogP contribution < -0.4 is 5.32 Å². The Kier molecular flexibility index (Phi) is 4.71. The summed E-state index contributed by atoms with van der Waals surface area (Å²) in [4.78, 5) is 4.01. The van der Waals surface area contributed by atoms with Crippen LogP contribution in [0.4, 0.5) is 0 Å². The van der Waals surface area contributed by atoms with E-state index in [-0.39, 0.29) is 12.1 Å². The lowest BCUT2D eigenvalue weighted by atomic mass is 10.1. The molecule has 2 N–H and O–H groups in total. The molecule has 102 valence electrons. The van der Waals surface area contributed by atoms with Gasteiger partial charge in [0.25, 0.3) is 0 Å². The zero-order valence-electron chi connectivity index (χ0n) is 11.3. The minimum atomic E-state index is -0.567. The lowest BCUT2D eigenvalue weighted by Crippen LogP contribution is -2.30. The monoisotopic (exact) mass is 260 g/mol. The van der Waals surface area contributed by atoms with Gasteiger partial charge in [0.1, 0.15) is 11.9 Å². The number of furan rings is 1. The number of hydrogen-bond acceptors (Lipinski definition) is 4. The molecule has 2 rings (SSSR count). The topological polar surface area (TPSA) is 58.3 Å². The van der Waals surface area contributed by atoms with E-state index in [9.17, 15) is 5.11 Å². The van der Waals surface area contributed by atoms with Crippen molar-refractivity contribution in [1.82, 2.24) is 10.3 Å². The number of aromatic nitrogens is 1. The van der Waals surface area contributed by atoms with E-state index in [1.165, 1.54) is 5.56 Å². The molecule has 0 bridgehead atoms. The van der Waals surface area contributed by atoms with Gasteiger partial charge in [0, 0.05) is 24.5 Å². The van der Waals surface area contributed by atoms with Gasteiger partial charge < -0.3 is 14.8 Å². The molecule has 0 saturated heterocycles. The van der Waals surface area contributed by atoms with Crippen LogP contribution in [0.5, 0.6) is 0 Å². The van der Waals surface area contributed by atoms with Crippen molar-refractivity contribution in [2.75, 3.05) is 0 Å². The summed E-state index contributed by atoms with van der Waals surface area (Å²) >= 11 is 0. The number of nitrogens with zero attached hydrogens (tertiary/aromatic N) is 1. The number of nitrogens with one attached hydrogen (secondary N) is 1. The predicted molar refractivity (Wildman–Crippen MR) is 73.5 cm³/mol. The van der Waals surface area contributed by atoms with Gasteiger partial charge in [-0.1, -0.05) is 0 Å². The molecule has 2 aromatic heterocycles. The first kappa shape index (κ1) is 13.8. The van der Waals surface area contributed by atoms with Gasteiger partial charge in [-0.3, -0.25) is 4.98 Å². The number of pyridine rings is 1. The number of aliphatic hydroxyl groups is 1. The zero-order valence-corrected chi connectivity index (χ0v) is 11.3. The third-order valence-electron chi connectivity index (χ3n) is 3.19. The number of aliphatic hydroxyl groups excluding tert-OH is 1. The highest BCUT2D eigenvalue weighted by Crippen LogP contribution is 2.20. The van der Waals surface area contributed by atoms with Gasteiger partial charge in [-0.2, -0.15) is 0 Å². The standard InChI is InChI=1S/C15H20N2O2/c1-11(10-14(18)15-4-3-9-19-15)17-12(2)13-5-7-16-8-6-13/h3-9,11-12,14,17-18H,10H2,1-2H3. The molecular formula is C15H20N2O2. The summed E-state index contributed by atoms with van der Waals surface area (Å²) in [6.45, 7) is 4.16. The fourth-order valence-corrected chi connectivity index (χ4v) is 2.18. The second kappa shape index (κ2) is 6.50. The molecule has 19 heavy (non-hydrogen) atoms. The number of hydrogen-bond donors (Lipinski definition) is 2. The van der Waals surface area contributed by atoms with E-state index in [0.29, 0.717) is 12.2 Å². The van der Waals surface area contributed by atoms with Crippen LogP contribution >= 0.6 is 0 Å². The molecule has 0 aliphatic heterocycles. The second-order valence-electron chi connectivity index (χ2n) is 4.84. The smallest absolute Gasteiger partial charge is 0.132 e. The molecule has 0 aromatic carbocycles. The Bertz CT molecular complexity index is 470. The van der Waals surface area contributed by atoms with Gasteiger partial charge in [-0.05, 0) is 50.1 Å². The van der Waals surface area contributed by atoms with E-state index < -0.39 is 6.10 Å². The van der Waals surface area contributed by atoms with Gasteiger partial charge in [0.05, 0.1) is 6.26 Å². The number of rotatable bonds is 6. The molecule has 2 heterocycles. The van der Waals surface area contributed by atoms with Crippen LogP contribution in [0.1, 0.15) is 43.7 Å². The summed E-state index contributed by atoms with van der Waals surface area (Å²) in [5.41, 5.74) is 1.19. The Hall–Kier alpha value is -1.65. The Balaban J connectivity index is 1.86. The molecule has 0 radical (unpaired) electrons. The first-order valence-electron chi connectivity index (χ1n) is 6.54. The predicted octanol–water partition coefficient (Wildman–Crippen LogP) is 2.84. The van der Waals surface area contributed by atoms with Crippen molar-refractivity contribution < 1.29 is 9.52 Å². The average molecular weight is 260 g/mol. The highest BCUT2D eigenvalue weighted by molar-refractivity contribution is 5.14. The average Bonchev–Trinajstić information content (AvgIpc) is 2.93. The first-order valence-corrected chi connectivity index (χ1v) is 6.54. The Morgan fingerprint density at radius 1 is 1.26 bits per heavy atom. The SMILES string of the molecule is CC(CC(O)c1ccco1)NC(C)c1ccncc1. The van der Waals surface area contributed by atoms with E-state index >= 15 is 0 Å². The lowest BCUT2D eigenvalue weighted by Gasteiger charge is -2.21. The summed E-state index contributed by atoms with van der Waals surface area (Å²) in [7, 11) is 0. The molecule has 0 aliphatic carbocycles. The molecular weight excluding hydrogens is 240 g/mol. The largest absolute Gasteiger partial charge is 0.467 e. The van der Waals surface area contributed by atoms with Crippen molar-refractivity contribution >= 4 is 0 Å². The fraction of sp³-hybridized carbons (Fsp3) is 0.400. The quantitative estimate of drug-likeness (QED) is 0.838. The fourth-order valence-electron chi connectivity index (χ4n) is 2.18. The minimum absolute atomic E-state index is 0.184. The molecule has 2 aromatic rings. The summed E-state index contributed by atoms with van der Waals surface area (Å²) in [5, 5.41) is 13.5. The molecule has 0 fully saturated rings. The van der Waals surface area contributed by atoms with Crippen molar-refractivity contribution in [3.05, 3.63) is 54.2 Å². The third kappa shape index (κ3) is 3.91. The maximum atomic E-state index is 10.0. The maximum Gasteiger partial charge on any atom is 0.132 e. The van der Waals surface area contributed by atoms with Crippen molar-refractivity contribution in [3.63, 3.8) is 0 Å². The van der Waals surface area contributed by atoms with Crippen LogP contribution in [0.2, 0.25) is 0 Å². The molecule has 0 aliphatic rings. The summed E-state index contributed by atoms with van der Waals surface area (Å²) in [5.74, 6) is 0.616. The molecule has 0 spiro atoms. The zero-order chi connectivity index (χ0) is 13.7. The van der Waals surface area contributed by atoms with Crippen molar-refractivity contribution in [3.8, 4) is 0 Å². The van der Waals surface area contributed by atoms with Crippen LogP contribution in [-0.2, 0) is 0 Å². The Morgan fingerprint density at radius 2 is 2.00 bits per heavy atom. The molecule has 3 unspecified atom stereocenters. The summed E-state index contributed by atoms with van der Waals surface area (Å²) in [6, 6.07) is 7.98. The van der Waals surface area contributed by atoms with Crippen LogP contribution in [0, 0.1) is 0 Å². The summed E-state index contributed by atoms with van der Waals surface area (Å²) < 4.78 is 5.20. The van der Waals surface area contributed by atoms with Crippen molar-refractivity contribution in [2.24, 2.45) is 0 Å². The van der Waals surface area contributed by atoms with E-state index in [2.05, 4.69) is 24.1 Å². The molecule has 4 nitrogen and oxygen atoms in total. The van der Waals surface area contributed by atoms with Crippen molar-refractivity contribution in [1.29, 1.82) is 0 Å². The maximum absolute atomic E-state index is 10.0. The second-order valence-corrected chi connectivity index (χ2v) is 4.84. The summed E-state index contributed by atoms with van der Waals surface area (Å²) in [6.07, 6.45) is 5.20. The van der Waals surface area contributed by atoms with Crippen LogP contribution in [0.3, 0.4) is 0 Å². The molecule has 4 heteroatoms. The van der Waals surface area contributed by atoms with E-state index in [4.69, 9.17) is 4.42 Å². The minimum Gasteiger partial charge on any atom is -0.467 e. The van der Waals surface area contributed by atoms with Crippen molar-refractivity contribution in [2.45, 2.75) is 38.5 Å². The Morgan fingerprint density at radius 3 is 2.63 bits per heavy atom. The van der Waals surface area contributed by atoms with Gasteiger partial charge in [-0.25, -0.2) is 0 Å². The highest BCUT2D eigenvalue weighted by atomic mass is 16.4. The highest BCUT2D eigenvalue weighted by Gasteiger charge is 2.16. The van der Waals surface area contributed by atoms with Crippen LogP contribution in [-0.4, -0.2) is 16.1 Å². The molecule has 0 saturated carbocycles. The van der Waals surface area contributed by atoms with Gasteiger partial charge in [0.15, 0.2) is 0 Å². The van der Waals surface area contributed by atoms with E-state index in [1.54, 1.807) is 30.8 Å². The normalized spacial score (nSPS) is 15.9. The first-order chi connectivity index (χ1) is 9.16. The lowest BCUT2D eigenvalue weighted by molar-refractivity contribution is 0.127. The van der Waals surface area contributed by atoms with Crippen LogP contribution in [0.25, 0.3) is 0 Å². The van der Waals surface area contributed by atoms with E-state index in [0.717, 1.165) is 0 Å². The van der Waals surface area contributed by atoms with Crippen LogP contribution in [0.15, 0.2) is 47.3 Å². The van der Waals surface area contributed by atoms with E-state index in [1.807, 2.05) is 12.1 Å². The molecule has 0 amide bonds. The third-order valence-corrected chi connectivity index (χ3v) is 3.19. The Labute approximate surface area is 113 Å². The van der Waals surface area contributed by atoms with Gasteiger partial charge in [-0.15, -0.1) is 0 Å². The van der Waals surface area contributed by atoms with Gasteiger partial charge >= 0.3 is 0 Å².